The van der Waals surface area contributed by atoms with Crippen LogP contribution in [-0.4, -0.2) is 4.57 Å². The Hall–Kier alpha value is -0.930. The van der Waals surface area contributed by atoms with E-state index in [0.717, 1.165) is 34.7 Å². The second-order valence-corrected chi connectivity index (χ2v) is 5.53. The highest BCUT2D eigenvalue weighted by atomic mass is 79.9. The average Bonchev–Trinajstić information content (AvgIpc) is 2.76. The van der Waals surface area contributed by atoms with Gasteiger partial charge in [0.15, 0.2) is 0 Å². The van der Waals surface area contributed by atoms with Crippen LogP contribution in [-0.2, 0) is 13.1 Å². The number of nitrogens with zero attached hydrogens (tertiary/aromatic N) is 1. The fourth-order valence-corrected chi connectivity index (χ4v) is 2.65. The highest BCUT2D eigenvalue weighted by molar-refractivity contribution is 9.10. The van der Waals surface area contributed by atoms with Crippen LogP contribution in [0.3, 0.4) is 0 Å². The second kappa shape index (κ2) is 6.30. The van der Waals surface area contributed by atoms with Crippen LogP contribution in [0.4, 0.5) is 5.69 Å². The summed E-state index contributed by atoms with van der Waals surface area (Å²) in [5.41, 5.74) is 2.34. The summed E-state index contributed by atoms with van der Waals surface area (Å²) in [7, 11) is 0. The summed E-state index contributed by atoms with van der Waals surface area (Å²) in [6.07, 6.45) is 5.46. The van der Waals surface area contributed by atoms with Crippen LogP contribution in [0.15, 0.2) is 41.1 Å². The molecule has 1 N–H and O–H groups in total. The molecule has 0 saturated heterocycles. The lowest BCUT2D eigenvalue weighted by Gasteiger charge is -2.07. The minimum Gasteiger partial charge on any atom is -0.380 e. The first-order valence-electron chi connectivity index (χ1n) is 6.02. The molecule has 1 aromatic carbocycles. The zero-order valence-corrected chi connectivity index (χ0v) is 12.6. The number of benzene rings is 1. The lowest BCUT2D eigenvalue weighted by molar-refractivity contribution is 0.681. The van der Waals surface area contributed by atoms with Crippen LogP contribution in [0.25, 0.3) is 0 Å². The number of nitrogens with one attached hydrogen (secondary N) is 1. The number of aryl methyl sites for hydroxylation is 1. The molecule has 1 aromatic heterocycles. The predicted molar refractivity (Wildman–Crippen MR) is 81.2 cm³/mol. The number of halogens is 2. The van der Waals surface area contributed by atoms with Gasteiger partial charge in [-0.05, 0) is 52.2 Å². The summed E-state index contributed by atoms with van der Waals surface area (Å²) < 4.78 is 3.21. The van der Waals surface area contributed by atoms with E-state index in [-0.39, 0.29) is 0 Å². The SMILES string of the molecule is CCCn1ccc(CNc2ccc(Cl)cc2Br)c1. The van der Waals surface area contributed by atoms with Crippen molar-refractivity contribution in [3.63, 3.8) is 0 Å². The normalized spacial score (nSPS) is 10.6. The summed E-state index contributed by atoms with van der Waals surface area (Å²) in [6, 6.07) is 7.91. The molecule has 0 radical (unpaired) electrons. The molecule has 0 aliphatic heterocycles. The Morgan fingerprint density at radius 3 is 2.89 bits per heavy atom. The van der Waals surface area contributed by atoms with Crippen molar-refractivity contribution in [2.24, 2.45) is 0 Å². The van der Waals surface area contributed by atoms with Gasteiger partial charge < -0.3 is 9.88 Å². The van der Waals surface area contributed by atoms with Gasteiger partial charge in [0.2, 0.25) is 0 Å². The van der Waals surface area contributed by atoms with E-state index in [4.69, 9.17) is 11.6 Å². The monoisotopic (exact) mass is 326 g/mol. The summed E-state index contributed by atoms with van der Waals surface area (Å²) in [6.45, 7) is 4.07. The van der Waals surface area contributed by atoms with Gasteiger partial charge in [0.1, 0.15) is 0 Å². The van der Waals surface area contributed by atoms with Crippen molar-refractivity contribution in [3.8, 4) is 0 Å². The highest BCUT2D eigenvalue weighted by Crippen LogP contribution is 2.26. The molecule has 18 heavy (non-hydrogen) atoms. The van der Waals surface area contributed by atoms with Crippen molar-refractivity contribution in [3.05, 3.63) is 51.7 Å². The van der Waals surface area contributed by atoms with Gasteiger partial charge in [-0.1, -0.05) is 18.5 Å². The molecule has 1 heterocycles. The molecule has 2 aromatic rings. The Morgan fingerprint density at radius 1 is 1.33 bits per heavy atom. The van der Waals surface area contributed by atoms with Gasteiger partial charge in [-0.15, -0.1) is 0 Å². The predicted octanol–water partition coefficient (Wildman–Crippen LogP) is 4.93. The molecule has 0 amide bonds. The standard InChI is InChI=1S/C14H16BrClN2/c1-2-6-18-7-5-11(10-18)9-17-14-4-3-12(16)8-13(14)15/h3-5,7-8,10,17H,2,6,9H2,1H3. The molecule has 0 fully saturated rings. The number of hydrogen-bond donors (Lipinski definition) is 1. The van der Waals surface area contributed by atoms with Gasteiger partial charge >= 0.3 is 0 Å². The van der Waals surface area contributed by atoms with Crippen LogP contribution in [0.1, 0.15) is 18.9 Å². The molecule has 2 rings (SSSR count). The van der Waals surface area contributed by atoms with E-state index in [1.807, 2.05) is 18.2 Å². The van der Waals surface area contributed by atoms with Gasteiger partial charge in [0.25, 0.3) is 0 Å². The molecular formula is C14H16BrClN2. The molecular weight excluding hydrogens is 312 g/mol. The van der Waals surface area contributed by atoms with Crippen LogP contribution in [0.2, 0.25) is 5.02 Å². The van der Waals surface area contributed by atoms with Gasteiger partial charge in [-0.25, -0.2) is 0 Å². The quantitative estimate of drug-likeness (QED) is 0.824. The molecule has 2 nitrogen and oxygen atoms in total. The topological polar surface area (TPSA) is 17.0 Å². The fourth-order valence-electron chi connectivity index (χ4n) is 1.82. The molecule has 96 valence electrons. The molecule has 4 heteroatoms. The minimum atomic E-state index is 0.738. The lowest BCUT2D eigenvalue weighted by atomic mass is 10.3. The zero-order chi connectivity index (χ0) is 13.0. The highest BCUT2D eigenvalue weighted by Gasteiger charge is 2.01. The lowest BCUT2D eigenvalue weighted by Crippen LogP contribution is -1.99. The molecule has 0 bridgehead atoms. The van der Waals surface area contributed by atoms with Crippen LogP contribution >= 0.6 is 27.5 Å². The summed E-state index contributed by atoms with van der Waals surface area (Å²) in [5.74, 6) is 0. The second-order valence-electron chi connectivity index (χ2n) is 4.24. The van der Waals surface area contributed by atoms with Gasteiger partial charge in [-0.2, -0.15) is 0 Å². The largest absolute Gasteiger partial charge is 0.380 e. The summed E-state index contributed by atoms with van der Waals surface area (Å²) in [5, 5.41) is 4.13. The van der Waals surface area contributed by atoms with E-state index in [0.29, 0.717) is 0 Å². The van der Waals surface area contributed by atoms with E-state index in [9.17, 15) is 0 Å². The molecule has 0 aliphatic carbocycles. The number of rotatable bonds is 5. The van der Waals surface area contributed by atoms with Gasteiger partial charge in [-0.3, -0.25) is 0 Å². The van der Waals surface area contributed by atoms with Crippen molar-refractivity contribution in [2.45, 2.75) is 26.4 Å². The van der Waals surface area contributed by atoms with E-state index in [1.165, 1.54) is 5.56 Å². The van der Waals surface area contributed by atoms with Crippen molar-refractivity contribution in [1.29, 1.82) is 0 Å². The van der Waals surface area contributed by atoms with E-state index in [2.05, 4.69) is 51.2 Å². The van der Waals surface area contributed by atoms with Crippen molar-refractivity contribution < 1.29 is 0 Å². The number of aromatic nitrogens is 1. The molecule has 0 atom stereocenters. The van der Waals surface area contributed by atoms with Crippen molar-refractivity contribution >= 4 is 33.2 Å². The van der Waals surface area contributed by atoms with E-state index < -0.39 is 0 Å². The smallest absolute Gasteiger partial charge is 0.0488 e. The van der Waals surface area contributed by atoms with Crippen LogP contribution in [0.5, 0.6) is 0 Å². The first kappa shape index (κ1) is 13.5. The van der Waals surface area contributed by atoms with E-state index in [1.54, 1.807) is 0 Å². The molecule has 0 unspecified atom stereocenters. The minimum absolute atomic E-state index is 0.738. The Labute approximate surface area is 121 Å². The molecule has 0 spiro atoms. The van der Waals surface area contributed by atoms with Crippen LogP contribution in [0, 0.1) is 0 Å². The first-order valence-corrected chi connectivity index (χ1v) is 7.19. The molecule has 0 aliphatic rings. The molecule has 0 saturated carbocycles. The van der Waals surface area contributed by atoms with E-state index >= 15 is 0 Å². The van der Waals surface area contributed by atoms with Gasteiger partial charge in [0, 0.05) is 40.7 Å². The van der Waals surface area contributed by atoms with Crippen molar-refractivity contribution in [2.75, 3.05) is 5.32 Å². The Morgan fingerprint density at radius 2 is 2.17 bits per heavy atom. The maximum absolute atomic E-state index is 5.91. The summed E-state index contributed by atoms with van der Waals surface area (Å²) >= 11 is 9.41. The number of hydrogen-bond acceptors (Lipinski definition) is 1. The van der Waals surface area contributed by atoms with Crippen LogP contribution < -0.4 is 5.32 Å². The number of anilines is 1. The maximum Gasteiger partial charge on any atom is 0.0488 e. The average molecular weight is 328 g/mol. The Balaban J connectivity index is 1.97. The first-order chi connectivity index (χ1) is 8.69. The maximum atomic E-state index is 5.91. The Kier molecular flexibility index (Phi) is 4.72. The van der Waals surface area contributed by atoms with Gasteiger partial charge in [0.05, 0.1) is 0 Å². The zero-order valence-electron chi connectivity index (χ0n) is 10.3. The third-order valence-electron chi connectivity index (χ3n) is 2.71. The third kappa shape index (κ3) is 3.53. The third-order valence-corrected chi connectivity index (χ3v) is 3.60. The van der Waals surface area contributed by atoms with Crippen molar-refractivity contribution in [1.82, 2.24) is 4.57 Å². The fraction of sp³-hybridized carbons (Fsp3) is 0.286. The summed E-state index contributed by atoms with van der Waals surface area (Å²) in [4.78, 5) is 0. The Bertz CT molecular complexity index is 522.